The number of amides is 3. The lowest BCUT2D eigenvalue weighted by atomic mass is 10.1. The average molecular weight is 458 g/mol. The minimum Gasteiger partial charge on any atom is -0.497 e. The van der Waals surface area contributed by atoms with Crippen LogP contribution in [0.15, 0.2) is 73.1 Å². The van der Waals surface area contributed by atoms with Crippen molar-refractivity contribution in [2.75, 3.05) is 30.4 Å². The van der Waals surface area contributed by atoms with Gasteiger partial charge in [-0.25, -0.2) is 0 Å². The second-order valence-electron chi connectivity index (χ2n) is 7.63. The quantitative estimate of drug-likeness (QED) is 0.519. The van der Waals surface area contributed by atoms with E-state index in [0.29, 0.717) is 17.1 Å². The van der Waals surface area contributed by atoms with Crippen LogP contribution in [0, 0.1) is 0 Å². The van der Waals surface area contributed by atoms with Gasteiger partial charge >= 0.3 is 0 Å². The monoisotopic (exact) mass is 458 g/mol. The van der Waals surface area contributed by atoms with E-state index in [1.165, 1.54) is 4.90 Å². The molecule has 2 aromatic carbocycles. The summed E-state index contributed by atoms with van der Waals surface area (Å²) in [5.74, 6) is -1.66. The number of nitrogens with zero attached hydrogens (tertiary/aromatic N) is 3. The fourth-order valence-electron chi connectivity index (χ4n) is 3.63. The summed E-state index contributed by atoms with van der Waals surface area (Å²) in [4.78, 5) is 57.3. The summed E-state index contributed by atoms with van der Waals surface area (Å²) in [6.45, 7) is -0.505. The smallest absolute Gasteiger partial charge is 0.299 e. The van der Waals surface area contributed by atoms with Gasteiger partial charge in [0.2, 0.25) is 11.8 Å². The van der Waals surface area contributed by atoms with Crippen LogP contribution in [-0.4, -0.2) is 53.6 Å². The van der Waals surface area contributed by atoms with Crippen molar-refractivity contribution in [2.24, 2.45) is 0 Å². The molecule has 9 heteroatoms. The molecule has 3 aromatic rings. The second kappa shape index (κ2) is 9.95. The zero-order valence-corrected chi connectivity index (χ0v) is 18.4. The van der Waals surface area contributed by atoms with Crippen LogP contribution in [0.2, 0.25) is 0 Å². The summed E-state index contributed by atoms with van der Waals surface area (Å²) in [7, 11) is 1.55. The number of ether oxygens (including phenoxy) is 1. The lowest BCUT2D eigenvalue weighted by molar-refractivity contribution is -0.134. The Kier molecular flexibility index (Phi) is 6.63. The summed E-state index contributed by atoms with van der Waals surface area (Å²) in [5, 5.41) is 2.75. The molecule has 0 aliphatic carbocycles. The number of hydrogen-bond acceptors (Lipinski definition) is 6. The molecule has 0 spiro atoms. The number of carbonyl (C=O) groups excluding carboxylic acids is 4. The number of methoxy groups -OCH3 is 1. The van der Waals surface area contributed by atoms with Gasteiger partial charge in [0.05, 0.1) is 18.4 Å². The first kappa shape index (κ1) is 22.7. The molecule has 0 saturated heterocycles. The predicted molar refractivity (Wildman–Crippen MR) is 124 cm³/mol. The van der Waals surface area contributed by atoms with E-state index in [-0.39, 0.29) is 25.2 Å². The number of pyridine rings is 1. The van der Waals surface area contributed by atoms with E-state index in [4.69, 9.17) is 4.74 Å². The third kappa shape index (κ3) is 4.93. The number of rotatable bonds is 8. The number of para-hydroxylation sites is 1. The molecule has 0 saturated carbocycles. The second-order valence-corrected chi connectivity index (χ2v) is 7.63. The van der Waals surface area contributed by atoms with Crippen molar-refractivity contribution in [1.82, 2.24) is 9.88 Å². The summed E-state index contributed by atoms with van der Waals surface area (Å²) in [6, 6.07) is 16.8. The number of anilines is 2. The van der Waals surface area contributed by atoms with Crippen LogP contribution in [0.3, 0.4) is 0 Å². The number of benzene rings is 2. The topological polar surface area (TPSA) is 109 Å². The molecule has 9 nitrogen and oxygen atoms in total. The highest BCUT2D eigenvalue weighted by atomic mass is 16.5. The molecule has 0 radical (unpaired) electrons. The first-order valence-electron chi connectivity index (χ1n) is 10.5. The molecule has 0 fully saturated rings. The maximum absolute atomic E-state index is 13.2. The lowest BCUT2D eigenvalue weighted by Crippen LogP contribution is -2.45. The highest BCUT2D eigenvalue weighted by Gasteiger charge is 2.37. The van der Waals surface area contributed by atoms with E-state index < -0.39 is 23.5 Å². The molecule has 0 bridgehead atoms. The van der Waals surface area contributed by atoms with Crippen LogP contribution in [0.25, 0.3) is 0 Å². The Morgan fingerprint density at radius 3 is 2.50 bits per heavy atom. The van der Waals surface area contributed by atoms with Gasteiger partial charge in [-0.2, -0.15) is 0 Å². The summed E-state index contributed by atoms with van der Waals surface area (Å²) in [6.07, 6.45) is 3.21. The predicted octanol–water partition coefficient (Wildman–Crippen LogP) is 2.29. The molecular weight excluding hydrogens is 436 g/mol. The molecule has 1 aliphatic rings. The van der Waals surface area contributed by atoms with Crippen LogP contribution in [0.5, 0.6) is 5.75 Å². The molecule has 1 aromatic heterocycles. The van der Waals surface area contributed by atoms with Crippen molar-refractivity contribution in [3.63, 3.8) is 0 Å². The van der Waals surface area contributed by atoms with Crippen molar-refractivity contribution in [3.8, 4) is 5.75 Å². The van der Waals surface area contributed by atoms with Crippen molar-refractivity contribution in [3.05, 3.63) is 84.2 Å². The van der Waals surface area contributed by atoms with Crippen LogP contribution in [0.1, 0.15) is 15.9 Å². The van der Waals surface area contributed by atoms with Crippen LogP contribution in [-0.2, 0) is 20.9 Å². The number of ketones is 1. The number of hydrogen-bond donors (Lipinski definition) is 1. The van der Waals surface area contributed by atoms with Crippen LogP contribution in [0.4, 0.5) is 11.4 Å². The number of Topliss-reactive ketones (excluding diaryl/α,β-unsaturated/α-hetero) is 1. The zero-order valence-electron chi connectivity index (χ0n) is 18.4. The Morgan fingerprint density at radius 2 is 1.79 bits per heavy atom. The minimum atomic E-state index is -0.765. The molecule has 4 rings (SSSR count). The van der Waals surface area contributed by atoms with E-state index in [2.05, 4.69) is 10.3 Å². The van der Waals surface area contributed by atoms with E-state index in [1.54, 1.807) is 80.2 Å². The van der Waals surface area contributed by atoms with Gasteiger partial charge in [0.25, 0.3) is 11.7 Å². The first-order valence-corrected chi connectivity index (χ1v) is 10.5. The maximum Gasteiger partial charge on any atom is 0.299 e. The standard InChI is InChI=1S/C25H22N4O5/c1-34-19-10-8-18(9-11-19)27-22(30)15-28(14-17-5-4-12-26-13-17)23(31)16-29-21-7-3-2-6-20(21)24(32)25(29)33/h2-13H,14-16H2,1H3,(H,27,30). The van der Waals surface area contributed by atoms with E-state index in [0.717, 1.165) is 10.5 Å². The van der Waals surface area contributed by atoms with E-state index in [1.807, 2.05) is 0 Å². The zero-order chi connectivity index (χ0) is 24.1. The molecule has 1 aliphatic heterocycles. The van der Waals surface area contributed by atoms with Gasteiger partial charge in [0.15, 0.2) is 0 Å². The Morgan fingerprint density at radius 1 is 1.03 bits per heavy atom. The lowest BCUT2D eigenvalue weighted by Gasteiger charge is -2.25. The van der Waals surface area contributed by atoms with Crippen molar-refractivity contribution in [2.45, 2.75) is 6.54 Å². The Bertz CT molecular complexity index is 1230. The van der Waals surface area contributed by atoms with Crippen molar-refractivity contribution < 1.29 is 23.9 Å². The highest BCUT2D eigenvalue weighted by Crippen LogP contribution is 2.28. The highest BCUT2D eigenvalue weighted by molar-refractivity contribution is 6.52. The fourth-order valence-corrected chi connectivity index (χ4v) is 3.63. The third-order valence-electron chi connectivity index (χ3n) is 5.33. The van der Waals surface area contributed by atoms with Crippen LogP contribution < -0.4 is 15.0 Å². The number of nitrogens with one attached hydrogen (secondary N) is 1. The largest absolute Gasteiger partial charge is 0.497 e. The average Bonchev–Trinajstić information content (AvgIpc) is 3.09. The molecule has 0 atom stereocenters. The van der Waals surface area contributed by atoms with Gasteiger partial charge in [0.1, 0.15) is 18.8 Å². The van der Waals surface area contributed by atoms with Gasteiger partial charge in [-0.05, 0) is 48.0 Å². The Balaban J connectivity index is 1.51. The number of carbonyl (C=O) groups is 4. The summed E-state index contributed by atoms with van der Waals surface area (Å²) < 4.78 is 5.11. The minimum absolute atomic E-state index is 0.111. The molecule has 2 heterocycles. The van der Waals surface area contributed by atoms with Gasteiger partial charge < -0.3 is 15.0 Å². The van der Waals surface area contributed by atoms with E-state index in [9.17, 15) is 19.2 Å². The molecule has 1 N–H and O–H groups in total. The summed E-state index contributed by atoms with van der Waals surface area (Å²) >= 11 is 0. The van der Waals surface area contributed by atoms with Crippen molar-refractivity contribution in [1.29, 1.82) is 0 Å². The normalized spacial score (nSPS) is 12.3. The molecule has 0 unspecified atom stereocenters. The Hall–Kier alpha value is -4.53. The van der Waals surface area contributed by atoms with Crippen molar-refractivity contribution >= 4 is 34.9 Å². The summed E-state index contributed by atoms with van der Waals surface area (Å²) in [5.41, 5.74) is 1.91. The van der Waals surface area contributed by atoms with Crippen LogP contribution >= 0.6 is 0 Å². The third-order valence-corrected chi connectivity index (χ3v) is 5.33. The maximum atomic E-state index is 13.2. The first-order chi connectivity index (χ1) is 16.5. The fraction of sp³-hybridized carbons (Fsp3) is 0.160. The molecule has 172 valence electrons. The van der Waals surface area contributed by atoms with Gasteiger partial charge in [-0.15, -0.1) is 0 Å². The van der Waals surface area contributed by atoms with Gasteiger partial charge in [-0.3, -0.25) is 29.1 Å². The van der Waals surface area contributed by atoms with Gasteiger partial charge in [-0.1, -0.05) is 18.2 Å². The SMILES string of the molecule is COc1ccc(NC(=O)CN(Cc2cccnc2)C(=O)CN2C(=O)C(=O)c3ccccc32)cc1. The molecular formula is C25H22N4O5. The molecule has 34 heavy (non-hydrogen) atoms. The number of fused-ring (bicyclic) bond motifs is 1. The van der Waals surface area contributed by atoms with Gasteiger partial charge in [0, 0.05) is 24.6 Å². The number of aromatic nitrogens is 1. The molecule has 3 amide bonds. The van der Waals surface area contributed by atoms with E-state index >= 15 is 0 Å². The Labute approximate surface area is 196 Å².